The van der Waals surface area contributed by atoms with Gasteiger partial charge in [-0.25, -0.2) is 29.9 Å². The fourth-order valence-electron chi connectivity index (χ4n) is 16.5. The molecule has 0 saturated heterocycles. The highest BCUT2D eigenvalue weighted by Gasteiger charge is 2.18. The number of aromatic nitrogens is 8. The molecular weight excluding hydrogens is 1340 g/mol. The van der Waals surface area contributed by atoms with E-state index in [1.165, 1.54) is 53.9 Å². The van der Waals surface area contributed by atoms with E-state index in [1.54, 1.807) is 0 Å². The number of hydrogen-bond donors (Lipinski definition) is 0. The molecule has 0 aliphatic carbocycles. The number of pyridine rings is 8. The topological polar surface area (TPSA) is 103 Å². The van der Waals surface area contributed by atoms with Crippen LogP contribution in [0.5, 0.6) is 0 Å². The van der Waals surface area contributed by atoms with Crippen molar-refractivity contribution in [3.8, 4) is 89.8 Å². The molecule has 0 amide bonds. The molecule has 0 fully saturated rings. The summed E-state index contributed by atoms with van der Waals surface area (Å²) in [6.07, 6.45) is 3.65. The van der Waals surface area contributed by atoms with Gasteiger partial charge in [-0.05, 0) is 179 Å². The highest BCUT2D eigenvalue weighted by molar-refractivity contribution is 6.25. The van der Waals surface area contributed by atoms with Crippen LogP contribution in [0.25, 0.3) is 231 Å². The largest absolute Gasteiger partial charge is 0.254 e. The molecule has 0 bridgehead atoms. The van der Waals surface area contributed by atoms with Gasteiger partial charge in [0.1, 0.15) is 0 Å². The van der Waals surface area contributed by atoms with Crippen LogP contribution in [0.3, 0.4) is 0 Å². The van der Waals surface area contributed by atoms with Gasteiger partial charge in [-0.3, -0.25) is 9.97 Å². The number of benzene rings is 15. The van der Waals surface area contributed by atoms with Gasteiger partial charge in [0.15, 0.2) is 0 Å². The third-order valence-corrected chi connectivity index (χ3v) is 22.1. The van der Waals surface area contributed by atoms with Crippen LogP contribution in [0.15, 0.2) is 364 Å². The Bertz CT molecular complexity index is 7710. The molecule has 23 rings (SSSR count). The Labute approximate surface area is 631 Å². The summed E-state index contributed by atoms with van der Waals surface area (Å²) in [5.74, 6) is 0. The number of hydrogen-bond acceptors (Lipinski definition) is 8. The zero-order valence-corrected chi connectivity index (χ0v) is 59.2. The van der Waals surface area contributed by atoms with Gasteiger partial charge in [0.05, 0.1) is 78.3 Å². The number of rotatable bonds is 8. The summed E-state index contributed by atoms with van der Waals surface area (Å²) in [6, 6.07) is 125. The summed E-state index contributed by atoms with van der Waals surface area (Å²) in [4.78, 5) is 39.7. The predicted octanol–water partition coefficient (Wildman–Crippen LogP) is 26.3. The first-order valence-electron chi connectivity index (χ1n) is 37.1. The van der Waals surface area contributed by atoms with Crippen molar-refractivity contribution in [3.05, 3.63) is 364 Å². The van der Waals surface area contributed by atoms with Crippen molar-refractivity contribution in [2.45, 2.75) is 0 Å². The summed E-state index contributed by atoms with van der Waals surface area (Å²) in [5, 5.41) is 21.4. The second-order valence-corrected chi connectivity index (χ2v) is 28.5. The molecule has 8 heteroatoms. The van der Waals surface area contributed by atoms with Crippen molar-refractivity contribution in [2.24, 2.45) is 0 Å². The standard InChI is InChI=1S/C52H30N4.C50H30N4/c1-3-33-10-11-35-14-21-42(43-22-15-34(4-1)49(33)50(35)43)48-27-20-41-30-39(18-25-47(41)55-48)38-17-24-46-40(29-38)19-26-44(54-46)31-6-8-32(9-7-31)45-23-16-37-13-12-36-5-2-28-53-51(36)52(37)56-45;1-2-8-40-37(6-1)30-43(42-10-4-3-9-41(40)42)48-26-21-39-29-36(19-24-47(39)53-48)35-18-23-46-38(28-35)20-25-44(52-46)31-11-13-32(14-12-31)45-22-17-34-16-15-33-7-5-27-51-49(33)50(34)54-45/h1-30H;1-30H. The van der Waals surface area contributed by atoms with E-state index in [1.807, 2.05) is 24.5 Å². The van der Waals surface area contributed by atoms with Crippen molar-refractivity contribution in [1.29, 1.82) is 0 Å². The van der Waals surface area contributed by atoms with E-state index in [4.69, 9.17) is 29.9 Å². The molecule has 508 valence electrons. The first-order chi connectivity index (χ1) is 54.4. The molecule has 0 saturated carbocycles. The highest BCUT2D eigenvalue weighted by atomic mass is 14.8. The molecule has 0 N–H and O–H groups in total. The predicted molar refractivity (Wildman–Crippen MR) is 457 cm³/mol. The van der Waals surface area contributed by atoms with Gasteiger partial charge in [0, 0.05) is 88.9 Å². The van der Waals surface area contributed by atoms with Crippen LogP contribution in [-0.4, -0.2) is 39.9 Å². The Morgan fingerprint density at radius 2 is 0.482 bits per heavy atom. The van der Waals surface area contributed by atoms with Gasteiger partial charge >= 0.3 is 0 Å². The SMILES string of the molecule is c1ccc2c(c1)cc(-c1ccc3cc(-c4ccc5nc(-c6ccc(-c7ccc8ccc9cccnc9c8n7)cc6)ccc5c4)ccc3n1)c1ccccc12.c1cnc2c(c1)ccc1ccc(-c3ccc(-c4ccc5cc(-c6ccc7nc(-c8ccc9ccc%10cccc%11ccc8c9c%10%11)ccc7c6)ccc5n4)cc3)nc12. The quantitative estimate of drug-likeness (QED) is 0.139. The molecule has 0 unspecified atom stereocenters. The maximum absolute atomic E-state index is 5.18. The fraction of sp³-hybridized carbons (Fsp3) is 0. The Balaban J connectivity index is 0.000000136. The first kappa shape index (κ1) is 62.5. The number of nitrogens with zero attached hydrogens (tertiary/aromatic N) is 8. The van der Waals surface area contributed by atoms with Gasteiger partial charge in [0.25, 0.3) is 0 Å². The molecule has 0 aliphatic heterocycles. The van der Waals surface area contributed by atoms with Gasteiger partial charge in [-0.1, -0.05) is 249 Å². The lowest BCUT2D eigenvalue weighted by atomic mass is 9.91. The highest BCUT2D eigenvalue weighted by Crippen LogP contribution is 2.42. The zero-order chi connectivity index (χ0) is 72.3. The Morgan fingerprint density at radius 3 is 0.964 bits per heavy atom. The lowest BCUT2D eigenvalue weighted by Gasteiger charge is -2.14. The lowest BCUT2D eigenvalue weighted by Crippen LogP contribution is -1.90. The van der Waals surface area contributed by atoms with Crippen LogP contribution in [-0.2, 0) is 0 Å². The molecule has 0 aliphatic rings. The first-order valence-corrected chi connectivity index (χ1v) is 37.1. The van der Waals surface area contributed by atoms with Crippen molar-refractivity contribution in [2.75, 3.05) is 0 Å². The van der Waals surface area contributed by atoms with Crippen LogP contribution >= 0.6 is 0 Å². The third kappa shape index (κ3) is 10.8. The van der Waals surface area contributed by atoms with Crippen molar-refractivity contribution >= 4 is 141 Å². The molecule has 0 radical (unpaired) electrons. The Kier molecular flexibility index (Phi) is 14.5. The van der Waals surface area contributed by atoms with E-state index in [0.717, 1.165) is 177 Å². The molecule has 23 aromatic rings. The summed E-state index contributed by atoms with van der Waals surface area (Å²) in [5.41, 5.74) is 24.5. The molecule has 0 atom stereocenters. The minimum Gasteiger partial charge on any atom is -0.254 e. The van der Waals surface area contributed by atoms with E-state index in [0.29, 0.717) is 0 Å². The summed E-state index contributed by atoms with van der Waals surface area (Å²) in [7, 11) is 0. The van der Waals surface area contributed by atoms with Crippen molar-refractivity contribution in [1.82, 2.24) is 39.9 Å². The average Bonchev–Trinajstić information content (AvgIpc) is 0.746. The minimum atomic E-state index is 0.922. The van der Waals surface area contributed by atoms with Crippen LogP contribution in [0, 0.1) is 0 Å². The number of fused-ring (bicyclic) bond motifs is 13. The van der Waals surface area contributed by atoms with Crippen LogP contribution in [0.1, 0.15) is 0 Å². The van der Waals surface area contributed by atoms with E-state index in [2.05, 4.69) is 350 Å². The van der Waals surface area contributed by atoms with E-state index >= 15 is 0 Å². The van der Waals surface area contributed by atoms with E-state index in [-0.39, 0.29) is 0 Å². The Hall–Kier alpha value is -14.9. The normalized spacial score (nSPS) is 11.8. The maximum atomic E-state index is 5.18. The summed E-state index contributed by atoms with van der Waals surface area (Å²) < 4.78 is 0. The molecule has 8 nitrogen and oxygen atoms in total. The van der Waals surface area contributed by atoms with E-state index in [9.17, 15) is 0 Å². The van der Waals surface area contributed by atoms with Crippen molar-refractivity contribution < 1.29 is 0 Å². The molecule has 15 aromatic carbocycles. The monoisotopic (exact) mass is 1400 g/mol. The van der Waals surface area contributed by atoms with Crippen molar-refractivity contribution in [3.63, 3.8) is 0 Å². The summed E-state index contributed by atoms with van der Waals surface area (Å²) in [6.45, 7) is 0. The van der Waals surface area contributed by atoms with Crippen LogP contribution < -0.4 is 0 Å². The van der Waals surface area contributed by atoms with Crippen LogP contribution in [0.2, 0.25) is 0 Å². The average molecular weight is 1400 g/mol. The smallest absolute Gasteiger partial charge is 0.0972 e. The second-order valence-electron chi connectivity index (χ2n) is 28.5. The third-order valence-electron chi connectivity index (χ3n) is 22.1. The molecular formula is C102H60N8. The molecule has 0 spiro atoms. The lowest BCUT2D eigenvalue weighted by molar-refractivity contribution is 1.36. The second kappa shape index (κ2) is 25.4. The van der Waals surface area contributed by atoms with Gasteiger partial charge in [-0.2, -0.15) is 0 Å². The van der Waals surface area contributed by atoms with E-state index < -0.39 is 0 Å². The molecule has 110 heavy (non-hydrogen) atoms. The zero-order valence-electron chi connectivity index (χ0n) is 59.2. The Morgan fingerprint density at radius 1 is 0.155 bits per heavy atom. The van der Waals surface area contributed by atoms with Gasteiger partial charge < -0.3 is 0 Å². The molecule has 8 aromatic heterocycles. The fourth-order valence-corrected chi connectivity index (χ4v) is 16.5. The summed E-state index contributed by atoms with van der Waals surface area (Å²) >= 11 is 0. The maximum Gasteiger partial charge on any atom is 0.0972 e. The van der Waals surface area contributed by atoms with Gasteiger partial charge in [0.2, 0.25) is 0 Å². The van der Waals surface area contributed by atoms with Crippen LogP contribution in [0.4, 0.5) is 0 Å². The van der Waals surface area contributed by atoms with Gasteiger partial charge in [-0.15, -0.1) is 0 Å². The minimum absolute atomic E-state index is 0.922. The molecule has 8 heterocycles.